The summed E-state index contributed by atoms with van der Waals surface area (Å²) in [6.07, 6.45) is 3.25. The Morgan fingerprint density at radius 1 is 1.17 bits per heavy atom. The molecule has 0 aliphatic carbocycles. The summed E-state index contributed by atoms with van der Waals surface area (Å²) in [5, 5.41) is 21.2. The largest absolute Gasteiger partial charge is 0.496 e. The highest BCUT2D eigenvalue weighted by Crippen LogP contribution is 2.44. The number of aliphatic hydroxyl groups is 1. The first-order valence-electron chi connectivity index (χ1n) is 11.9. The third-order valence-corrected chi connectivity index (χ3v) is 7.23. The number of hydrogen-bond donors (Lipinski definition) is 1. The SMILES string of the molecule is COc1cc(-c2nnc3n2CCCC3(COc2ccc(Cl)cc2)C(C)(C)O)ccc1-c1cnc(C)o1. The van der Waals surface area contributed by atoms with Gasteiger partial charge in [0.05, 0.1) is 29.9 Å². The van der Waals surface area contributed by atoms with Crippen LogP contribution in [0, 0.1) is 6.92 Å². The second-order valence-corrected chi connectivity index (χ2v) is 10.1. The summed E-state index contributed by atoms with van der Waals surface area (Å²) in [6.45, 7) is 6.41. The van der Waals surface area contributed by atoms with Crippen LogP contribution in [0.15, 0.2) is 53.1 Å². The minimum atomic E-state index is -1.10. The molecular weight excluding hydrogens is 480 g/mol. The fourth-order valence-electron chi connectivity index (χ4n) is 4.88. The standard InChI is InChI=1S/C27H29ClN4O4/c1-17-29-15-23(36-17)21-11-6-18(14-22(21)34-4)24-30-31-25-27(26(2,3)33,12-5-13-32(24)25)16-35-20-9-7-19(28)8-10-20/h6-11,14-15,33H,5,12-13,16H2,1-4H3. The van der Waals surface area contributed by atoms with Crippen LogP contribution in [0.3, 0.4) is 0 Å². The molecule has 0 bridgehead atoms. The summed E-state index contributed by atoms with van der Waals surface area (Å²) < 4.78 is 19.6. The molecule has 0 saturated carbocycles. The van der Waals surface area contributed by atoms with Gasteiger partial charge in [0, 0.05) is 24.1 Å². The molecular formula is C27H29ClN4O4. The number of benzene rings is 2. The van der Waals surface area contributed by atoms with E-state index < -0.39 is 11.0 Å². The van der Waals surface area contributed by atoms with Crippen molar-refractivity contribution in [2.45, 2.75) is 51.2 Å². The molecule has 1 aliphatic heterocycles. The molecule has 0 fully saturated rings. The van der Waals surface area contributed by atoms with Gasteiger partial charge in [-0.05, 0) is 63.1 Å². The van der Waals surface area contributed by atoms with E-state index in [0.717, 1.165) is 30.5 Å². The summed E-state index contributed by atoms with van der Waals surface area (Å²) in [5.74, 6) is 3.98. The van der Waals surface area contributed by atoms with E-state index in [1.807, 2.05) is 30.3 Å². The molecule has 1 unspecified atom stereocenters. The summed E-state index contributed by atoms with van der Waals surface area (Å²) in [7, 11) is 1.62. The minimum absolute atomic E-state index is 0.253. The number of methoxy groups -OCH3 is 1. The summed E-state index contributed by atoms with van der Waals surface area (Å²) >= 11 is 6.02. The number of hydrogen-bond acceptors (Lipinski definition) is 7. The van der Waals surface area contributed by atoms with Crippen LogP contribution < -0.4 is 9.47 Å². The Kier molecular flexibility index (Phi) is 6.26. The molecule has 3 heterocycles. The predicted molar refractivity (Wildman–Crippen MR) is 136 cm³/mol. The van der Waals surface area contributed by atoms with Gasteiger partial charge in [0.2, 0.25) is 0 Å². The second kappa shape index (κ2) is 9.26. The van der Waals surface area contributed by atoms with Crippen LogP contribution in [0.4, 0.5) is 0 Å². The summed E-state index contributed by atoms with van der Waals surface area (Å²) in [5.41, 5.74) is -0.191. The lowest BCUT2D eigenvalue weighted by Gasteiger charge is -2.44. The van der Waals surface area contributed by atoms with E-state index in [2.05, 4.69) is 19.7 Å². The highest BCUT2D eigenvalue weighted by Gasteiger charge is 2.51. The fourth-order valence-corrected chi connectivity index (χ4v) is 5.01. The number of ether oxygens (including phenoxy) is 2. The van der Waals surface area contributed by atoms with Crippen LogP contribution in [0.1, 0.15) is 38.4 Å². The Labute approximate surface area is 214 Å². The number of fused-ring (bicyclic) bond motifs is 1. The quantitative estimate of drug-likeness (QED) is 0.354. The molecule has 0 saturated heterocycles. The third kappa shape index (κ3) is 4.24. The monoisotopic (exact) mass is 508 g/mol. The van der Waals surface area contributed by atoms with Crippen molar-refractivity contribution in [2.75, 3.05) is 13.7 Å². The number of halogens is 1. The van der Waals surface area contributed by atoms with Crippen molar-refractivity contribution in [3.63, 3.8) is 0 Å². The molecule has 1 atom stereocenters. The van der Waals surface area contributed by atoms with Gasteiger partial charge in [-0.3, -0.25) is 0 Å². The Morgan fingerprint density at radius 3 is 2.61 bits per heavy atom. The number of aryl methyl sites for hydroxylation is 1. The lowest BCUT2D eigenvalue weighted by atomic mass is 9.69. The van der Waals surface area contributed by atoms with E-state index in [9.17, 15) is 5.11 Å². The molecule has 1 aliphatic rings. The smallest absolute Gasteiger partial charge is 0.191 e. The van der Waals surface area contributed by atoms with E-state index in [-0.39, 0.29) is 6.61 Å². The van der Waals surface area contributed by atoms with Gasteiger partial charge in [0.25, 0.3) is 0 Å². The number of nitrogens with zero attached hydrogens (tertiary/aromatic N) is 4. The zero-order valence-corrected chi connectivity index (χ0v) is 21.5. The first-order chi connectivity index (χ1) is 17.2. The van der Waals surface area contributed by atoms with Crippen molar-refractivity contribution in [2.24, 2.45) is 0 Å². The van der Waals surface area contributed by atoms with E-state index in [1.165, 1.54) is 0 Å². The van der Waals surface area contributed by atoms with Gasteiger partial charge in [-0.25, -0.2) is 4.98 Å². The topological polar surface area (TPSA) is 95.4 Å². The molecule has 2 aromatic heterocycles. The lowest BCUT2D eigenvalue weighted by Crippen LogP contribution is -2.54. The predicted octanol–water partition coefficient (Wildman–Crippen LogP) is 5.45. The van der Waals surface area contributed by atoms with Crippen LogP contribution in [0.25, 0.3) is 22.7 Å². The minimum Gasteiger partial charge on any atom is -0.496 e. The fraction of sp³-hybridized carbons (Fsp3) is 0.370. The Bertz CT molecular complexity index is 1370. The van der Waals surface area contributed by atoms with Crippen molar-refractivity contribution in [1.29, 1.82) is 0 Å². The van der Waals surface area contributed by atoms with Crippen molar-refractivity contribution in [1.82, 2.24) is 19.7 Å². The van der Waals surface area contributed by atoms with E-state index in [0.29, 0.717) is 39.8 Å². The number of aromatic nitrogens is 4. The van der Waals surface area contributed by atoms with Gasteiger partial charge in [0.1, 0.15) is 23.9 Å². The lowest BCUT2D eigenvalue weighted by molar-refractivity contribution is -0.0467. The highest BCUT2D eigenvalue weighted by molar-refractivity contribution is 6.30. The van der Waals surface area contributed by atoms with Gasteiger partial charge in [-0.2, -0.15) is 0 Å². The maximum absolute atomic E-state index is 11.4. The van der Waals surface area contributed by atoms with Gasteiger partial charge < -0.3 is 23.6 Å². The highest BCUT2D eigenvalue weighted by atomic mass is 35.5. The van der Waals surface area contributed by atoms with Gasteiger partial charge in [0.15, 0.2) is 17.5 Å². The number of oxazole rings is 1. The molecule has 9 heteroatoms. The molecule has 1 N–H and O–H groups in total. The average Bonchev–Trinajstić information content (AvgIpc) is 3.49. The van der Waals surface area contributed by atoms with E-state index in [4.69, 9.17) is 25.5 Å². The normalized spacial score (nSPS) is 17.6. The van der Waals surface area contributed by atoms with Crippen LogP contribution in [0.2, 0.25) is 5.02 Å². The summed E-state index contributed by atoms with van der Waals surface area (Å²) in [4.78, 5) is 4.19. The molecule has 4 aromatic rings. The van der Waals surface area contributed by atoms with Crippen molar-refractivity contribution < 1.29 is 19.0 Å². The zero-order chi connectivity index (χ0) is 25.5. The van der Waals surface area contributed by atoms with Crippen molar-refractivity contribution in [3.8, 4) is 34.2 Å². The first-order valence-corrected chi connectivity index (χ1v) is 12.3. The van der Waals surface area contributed by atoms with Crippen LogP contribution in [-0.4, -0.2) is 44.2 Å². The molecule has 0 amide bonds. The van der Waals surface area contributed by atoms with Gasteiger partial charge >= 0.3 is 0 Å². The summed E-state index contributed by atoms with van der Waals surface area (Å²) in [6, 6.07) is 13.0. The van der Waals surface area contributed by atoms with Crippen molar-refractivity contribution in [3.05, 3.63) is 65.4 Å². The van der Waals surface area contributed by atoms with Crippen LogP contribution >= 0.6 is 11.6 Å². The first kappa shape index (κ1) is 24.3. The molecule has 8 nitrogen and oxygen atoms in total. The second-order valence-electron chi connectivity index (χ2n) is 9.64. The van der Waals surface area contributed by atoms with Gasteiger partial charge in [-0.1, -0.05) is 17.7 Å². The van der Waals surface area contributed by atoms with Gasteiger partial charge in [-0.15, -0.1) is 10.2 Å². The maximum atomic E-state index is 11.4. The molecule has 188 valence electrons. The molecule has 0 radical (unpaired) electrons. The molecule has 36 heavy (non-hydrogen) atoms. The van der Waals surface area contributed by atoms with E-state index in [1.54, 1.807) is 46.2 Å². The molecule has 0 spiro atoms. The number of rotatable bonds is 7. The Balaban J connectivity index is 1.53. The maximum Gasteiger partial charge on any atom is 0.191 e. The van der Waals surface area contributed by atoms with E-state index >= 15 is 0 Å². The van der Waals surface area contributed by atoms with Crippen LogP contribution in [0.5, 0.6) is 11.5 Å². The third-order valence-electron chi connectivity index (χ3n) is 6.98. The zero-order valence-electron chi connectivity index (χ0n) is 20.8. The van der Waals surface area contributed by atoms with Crippen LogP contribution in [-0.2, 0) is 12.0 Å². The average molecular weight is 509 g/mol. The molecule has 2 aromatic carbocycles. The Hall–Kier alpha value is -3.36. The molecule has 5 rings (SSSR count). The van der Waals surface area contributed by atoms with Crippen molar-refractivity contribution >= 4 is 11.6 Å². The Morgan fingerprint density at radius 2 is 1.94 bits per heavy atom.